The molecule has 1 aliphatic rings. The van der Waals surface area contributed by atoms with Crippen molar-refractivity contribution in [1.82, 2.24) is 4.90 Å². The maximum atomic E-state index is 12.9. The number of esters is 1. The van der Waals surface area contributed by atoms with E-state index in [1.165, 1.54) is 11.4 Å². The number of sulfonamides is 1. The van der Waals surface area contributed by atoms with Crippen LogP contribution in [0.4, 0.5) is 5.69 Å². The van der Waals surface area contributed by atoms with Gasteiger partial charge in [-0.05, 0) is 43.9 Å². The summed E-state index contributed by atoms with van der Waals surface area (Å²) in [6.45, 7) is 4.45. The molecule has 1 aromatic rings. The molecule has 2 rings (SSSR count). The Morgan fingerprint density at radius 1 is 1.22 bits per heavy atom. The molecule has 1 amide bonds. The number of amides is 1. The van der Waals surface area contributed by atoms with Gasteiger partial charge in [0, 0.05) is 13.1 Å². The van der Waals surface area contributed by atoms with Crippen molar-refractivity contribution in [3.8, 4) is 0 Å². The number of benzene rings is 1. The molecule has 0 N–H and O–H groups in total. The third-order valence-electron chi connectivity index (χ3n) is 5.01. The molecule has 27 heavy (non-hydrogen) atoms. The summed E-state index contributed by atoms with van der Waals surface area (Å²) in [5, 5.41) is 0. The normalized spacial score (nSPS) is 16.7. The molecule has 1 heterocycles. The van der Waals surface area contributed by atoms with Gasteiger partial charge in [-0.25, -0.2) is 8.42 Å². The summed E-state index contributed by atoms with van der Waals surface area (Å²) < 4.78 is 30.7. The van der Waals surface area contributed by atoms with Crippen LogP contribution in [-0.2, 0) is 30.8 Å². The molecule has 1 aliphatic heterocycles. The van der Waals surface area contributed by atoms with Crippen LogP contribution in [0.5, 0.6) is 0 Å². The van der Waals surface area contributed by atoms with Crippen molar-refractivity contribution < 1.29 is 22.7 Å². The summed E-state index contributed by atoms with van der Waals surface area (Å²) in [5.41, 5.74) is 1.57. The van der Waals surface area contributed by atoms with E-state index in [0.29, 0.717) is 31.6 Å². The van der Waals surface area contributed by atoms with Gasteiger partial charge in [-0.2, -0.15) is 0 Å². The van der Waals surface area contributed by atoms with Crippen molar-refractivity contribution in [1.29, 1.82) is 0 Å². The molecule has 1 atom stereocenters. The van der Waals surface area contributed by atoms with Gasteiger partial charge in [-0.15, -0.1) is 0 Å². The lowest BCUT2D eigenvalue weighted by atomic mass is 9.96. The zero-order chi connectivity index (χ0) is 20.2. The van der Waals surface area contributed by atoms with Crippen LogP contribution in [0, 0.1) is 5.92 Å². The van der Waals surface area contributed by atoms with Crippen molar-refractivity contribution in [2.75, 3.05) is 30.8 Å². The van der Waals surface area contributed by atoms with Crippen molar-refractivity contribution in [3.05, 3.63) is 29.8 Å². The molecule has 1 fully saturated rings. The molecule has 0 bridgehead atoms. The number of hydrogen-bond donors (Lipinski definition) is 0. The second-order valence-electron chi connectivity index (χ2n) is 6.88. The maximum Gasteiger partial charge on any atom is 0.308 e. The van der Waals surface area contributed by atoms with E-state index in [1.807, 2.05) is 19.1 Å². The number of methoxy groups -OCH3 is 1. The second kappa shape index (κ2) is 8.73. The average Bonchev–Trinajstić information content (AvgIpc) is 2.66. The van der Waals surface area contributed by atoms with Crippen LogP contribution < -0.4 is 4.31 Å². The number of likely N-dealkylation sites (tertiary alicyclic amines) is 1. The summed E-state index contributed by atoms with van der Waals surface area (Å²) in [7, 11) is -2.28. The van der Waals surface area contributed by atoms with Crippen molar-refractivity contribution in [2.24, 2.45) is 5.92 Å². The molecule has 0 spiro atoms. The maximum absolute atomic E-state index is 12.9. The Hall–Kier alpha value is -2.09. The molecule has 0 aliphatic carbocycles. The smallest absolute Gasteiger partial charge is 0.308 e. The Morgan fingerprint density at radius 2 is 1.78 bits per heavy atom. The fraction of sp³-hybridized carbons (Fsp3) is 0.579. The van der Waals surface area contributed by atoms with Crippen LogP contribution >= 0.6 is 0 Å². The summed E-state index contributed by atoms with van der Waals surface area (Å²) in [6, 6.07) is 6.33. The van der Waals surface area contributed by atoms with E-state index in [2.05, 4.69) is 0 Å². The van der Waals surface area contributed by atoms with Gasteiger partial charge in [0.25, 0.3) is 0 Å². The topological polar surface area (TPSA) is 84.0 Å². The van der Waals surface area contributed by atoms with Gasteiger partial charge < -0.3 is 9.64 Å². The third-order valence-corrected chi connectivity index (χ3v) is 6.25. The first kappa shape index (κ1) is 21.2. The minimum atomic E-state index is -3.64. The average molecular weight is 397 g/mol. The standard InChI is InChI=1S/C19H28N2O5S/c1-5-15-6-8-17(9-7-15)21(27(4,24)25)14(2)18(22)20-12-10-16(11-13-20)19(23)26-3/h6-9,14,16H,5,10-13H2,1-4H3/t14-/m0/s1. The minimum Gasteiger partial charge on any atom is -0.469 e. The van der Waals surface area contributed by atoms with Crippen LogP contribution in [0.1, 0.15) is 32.3 Å². The van der Waals surface area contributed by atoms with E-state index in [4.69, 9.17) is 4.74 Å². The highest BCUT2D eigenvalue weighted by atomic mass is 32.2. The number of carbonyl (C=O) groups excluding carboxylic acids is 2. The van der Waals surface area contributed by atoms with Gasteiger partial charge in [0.1, 0.15) is 6.04 Å². The fourth-order valence-corrected chi connectivity index (χ4v) is 4.62. The van der Waals surface area contributed by atoms with Crippen LogP contribution in [0.25, 0.3) is 0 Å². The number of rotatable bonds is 6. The monoisotopic (exact) mass is 396 g/mol. The van der Waals surface area contributed by atoms with E-state index in [0.717, 1.165) is 18.2 Å². The number of ether oxygens (including phenoxy) is 1. The fourth-order valence-electron chi connectivity index (χ4n) is 3.45. The largest absolute Gasteiger partial charge is 0.469 e. The van der Waals surface area contributed by atoms with E-state index in [-0.39, 0.29) is 17.8 Å². The minimum absolute atomic E-state index is 0.207. The quantitative estimate of drug-likeness (QED) is 0.685. The zero-order valence-electron chi connectivity index (χ0n) is 16.3. The molecule has 0 aromatic heterocycles. The molecule has 0 radical (unpaired) electrons. The molecule has 8 heteroatoms. The van der Waals surface area contributed by atoms with Crippen molar-refractivity contribution >= 4 is 27.6 Å². The number of aryl methyl sites for hydroxylation is 1. The van der Waals surface area contributed by atoms with Crippen LogP contribution in [0.15, 0.2) is 24.3 Å². The summed E-state index contributed by atoms with van der Waals surface area (Å²) in [4.78, 5) is 26.2. The first-order valence-electron chi connectivity index (χ1n) is 9.14. The van der Waals surface area contributed by atoms with Gasteiger partial charge in [-0.3, -0.25) is 13.9 Å². The molecular formula is C19H28N2O5S. The van der Waals surface area contributed by atoms with Gasteiger partial charge in [-0.1, -0.05) is 19.1 Å². The van der Waals surface area contributed by atoms with E-state index >= 15 is 0 Å². The predicted molar refractivity (Wildman–Crippen MR) is 104 cm³/mol. The van der Waals surface area contributed by atoms with Crippen LogP contribution in [0.2, 0.25) is 0 Å². The zero-order valence-corrected chi connectivity index (χ0v) is 17.2. The first-order chi connectivity index (χ1) is 12.7. The van der Waals surface area contributed by atoms with Gasteiger partial charge in [0.15, 0.2) is 0 Å². The summed E-state index contributed by atoms with van der Waals surface area (Å²) in [6.07, 6.45) is 3.00. The molecule has 0 saturated carbocycles. The van der Waals surface area contributed by atoms with Gasteiger partial charge in [0.2, 0.25) is 15.9 Å². The Kier molecular flexibility index (Phi) is 6.86. The molecule has 0 unspecified atom stereocenters. The number of anilines is 1. The number of nitrogens with zero attached hydrogens (tertiary/aromatic N) is 2. The number of hydrogen-bond acceptors (Lipinski definition) is 5. The highest BCUT2D eigenvalue weighted by Crippen LogP contribution is 2.25. The van der Waals surface area contributed by atoms with E-state index in [9.17, 15) is 18.0 Å². The SMILES string of the molecule is CCc1ccc(N([C@@H](C)C(=O)N2CCC(C(=O)OC)CC2)S(C)(=O)=O)cc1. The second-order valence-corrected chi connectivity index (χ2v) is 8.74. The Balaban J connectivity index is 2.17. The number of piperidine rings is 1. The van der Waals surface area contributed by atoms with Gasteiger partial charge >= 0.3 is 5.97 Å². The Morgan fingerprint density at radius 3 is 2.22 bits per heavy atom. The van der Waals surface area contributed by atoms with Gasteiger partial charge in [0.05, 0.1) is 25.0 Å². The Labute approximate surface area is 161 Å². The lowest BCUT2D eigenvalue weighted by molar-refractivity contribution is -0.149. The lowest BCUT2D eigenvalue weighted by Crippen LogP contribution is -2.51. The van der Waals surface area contributed by atoms with Crippen molar-refractivity contribution in [2.45, 2.75) is 39.2 Å². The highest BCUT2D eigenvalue weighted by Gasteiger charge is 2.35. The summed E-state index contributed by atoms with van der Waals surface area (Å²) >= 11 is 0. The van der Waals surface area contributed by atoms with Crippen LogP contribution in [-0.4, -0.2) is 57.7 Å². The predicted octanol–water partition coefficient (Wildman–Crippen LogP) is 1.82. The highest BCUT2D eigenvalue weighted by molar-refractivity contribution is 7.92. The van der Waals surface area contributed by atoms with Crippen LogP contribution in [0.3, 0.4) is 0 Å². The van der Waals surface area contributed by atoms with E-state index < -0.39 is 16.1 Å². The summed E-state index contributed by atoms with van der Waals surface area (Å²) in [5.74, 6) is -0.728. The molecular weight excluding hydrogens is 368 g/mol. The number of carbonyl (C=O) groups is 2. The Bertz CT molecular complexity index is 768. The van der Waals surface area contributed by atoms with Crippen molar-refractivity contribution in [3.63, 3.8) is 0 Å². The lowest BCUT2D eigenvalue weighted by Gasteiger charge is -2.36. The molecule has 7 nitrogen and oxygen atoms in total. The molecule has 1 aromatic carbocycles. The van der Waals surface area contributed by atoms with E-state index in [1.54, 1.807) is 24.0 Å². The third kappa shape index (κ3) is 5.00. The first-order valence-corrected chi connectivity index (χ1v) is 11.0. The molecule has 150 valence electrons. The molecule has 1 saturated heterocycles.